The van der Waals surface area contributed by atoms with Crippen LogP contribution in [0.25, 0.3) is 0 Å². The van der Waals surface area contributed by atoms with E-state index >= 15 is 0 Å². The van der Waals surface area contributed by atoms with Crippen molar-refractivity contribution < 1.29 is 29.0 Å². The lowest BCUT2D eigenvalue weighted by Crippen LogP contribution is -2.62. The first-order valence-electron chi connectivity index (χ1n) is 7.58. The Morgan fingerprint density at radius 3 is 2.62 bits per heavy atom. The minimum absolute atomic E-state index is 0.00380. The van der Waals surface area contributed by atoms with E-state index in [1.54, 1.807) is 6.92 Å². The Morgan fingerprint density at radius 2 is 2.08 bits per heavy atom. The molecular formula is C15H20N2O6S. The highest BCUT2D eigenvalue weighted by atomic mass is 32.2. The van der Waals surface area contributed by atoms with E-state index < -0.39 is 24.0 Å². The van der Waals surface area contributed by atoms with E-state index in [0.717, 1.165) is 0 Å². The van der Waals surface area contributed by atoms with E-state index in [4.69, 9.17) is 4.74 Å². The average molecular weight is 356 g/mol. The van der Waals surface area contributed by atoms with Gasteiger partial charge in [0, 0.05) is 37.5 Å². The van der Waals surface area contributed by atoms with Gasteiger partial charge in [-0.2, -0.15) is 0 Å². The zero-order valence-electron chi connectivity index (χ0n) is 13.7. The number of carbonyl (C=O) groups is 4. The maximum atomic E-state index is 12.3. The number of carbonyl (C=O) groups excluding carboxylic acids is 3. The molecule has 0 radical (unpaired) electrons. The second-order valence-electron chi connectivity index (χ2n) is 5.73. The maximum Gasteiger partial charge on any atom is 0.353 e. The highest BCUT2D eigenvalue weighted by Crippen LogP contribution is 2.47. The Morgan fingerprint density at radius 1 is 1.42 bits per heavy atom. The molecule has 132 valence electrons. The number of hydrogen-bond acceptors (Lipinski definition) is 6. The molecule has 1 fully saturated rings. The Labute approximate surface area is 143 Å². The van der Waals surface area contributed by atoms with Gasteiger partial charge in [-0.25, -0.2) is 4.79 Å². The van der Waals surface area contributed by atoms with Crippen molar-refractivity contribution >= 4 is 35.5 Å². The summed E-state index contributed by atoms with van der Waals surface area (Å²) in [6, 6.07) is -0.291. The fourth-order valence-electron chi connectivity index (χ4n) is 3.08. The van der Waals surface area contributed by atoms with Crippen LogP contribution >= 0.6 is 11.8 Å². The molecule has 0 aliphatic carbocycles. The summed E-state index contributed by atoms with van der Waals surface area (Å²) in [5.41, 5.74) is 0.00380. The van der Waals surface area contributed by atoms with Crippen LogP contribution in [0.4, 0.5) is 0 Å². The van der Waals surface area contributed by atoms with Gasteiger partial charge in [0.25, 0.3) is 0 Å². The molecule has 9 heteroatoms. The van der Waals surface area contributed by atoms with Gasteiger partial charge in [-0.3, -0.25) is 14.4 Å². The van der Waals surface area contributed by atoms with Crippen LogP contribution < -0.4 is 5.32 Å². The molecule has 2 rings (SSSR count). The van der Waals surface area contributed by atoms with Gasteiger partial charge in [-0.1, -0.05) is 0 Å². The van der Waals surface area contributed by atoms with Crippen LogP contribution in [0.1, 0.15) is 27.2 Å². The van der Waals surface area contributed by atoms with Crippen LogP contribution in [-0.2, 0) is 23.9 Å². The van der Waals surface area contributed by atoms with Crippen LogP contribution in [0.3, 0.4) is 0 Å². The zero-order chi connectivity index (χ0) is 18.0. The molecule has 2 aliphatic rings. The fraction of sp³-hybridized carbons (Fsp3) is 0.600. The first-order chi connectivity index (χ1) is 11.2. The number of rotatable bonds is 7. The molecule has 0 aromatic rings. The summed E-state index contributed by atoms with van der Waals surface area (Å²) in [6.07, 6.45) is -0.163. The SMILES string of the molecule is CC(=O)NCCSC1=C(C(=O)O)N2C(=O)[C@H]([C@H](C)OC(C)=O)[C@H]2C1. The largest absolute Gasteiger partial charge is 0.477 e. The molecule has 0 unspecified atom stereocenters. The van der Waals surface area contributed by atoms with E-state index in [0.29, 0.717) is 23.6 Å². The monoisotopic (exact) mass is 356 g/mol. The standard InChI is InChI=1S/C15H20N2O6S/c1-7(23-9(3)19)12-10-6-11(24-5-4-16-8(2)18)13(15(21)22)17(10)14(12)20/h7,10,12H,4-6H2,1-3H3,(H,16,18)(H,21,22)/t7-,10+,12+/m0/s1. The van der Waals surface area contributed by atoms with Crippen molar-refractivity contribution in [1.29, 1.82) is 0 Å². The van der Waals surface area contributed by atoms with E-state index in [-0.39, 0.29) is 23.6 Å². The van der Waals surface area contributed by atoms with E-state index in [1.807, 2.05) is 0 Å². The second-order valence-corrected chi connectivity index (χ2v) is 6.92. The molecule has 0 aromatic heterocycles. The normalized spacial score (nSPS) is 23.5. The smallest absolute Gasteiger partial charge is 0.353 e. The third kappa shape index (κ3) is 3.55. The Kier molecular flexibility index (Phi) is 5.53. The topological polar surface area (TPSA) is 113 Å². The van der Waals surface area contributed by atoms with Gasteiger partial charge in [-0.05, 0) is 6.92 Å². The number of nitrogens with zero attached hydrogens (tertiary/aromatic N) is 1. The summed E-state index contributed by atoms with van der Waals surface area (Å²) in [7, 11) is 0. The fourth-order valence-corrected chi connectivity index (χ4v) is 4.14. The molecule has 0 bridgehead atoms. The summed E-state index contributed by atoms with van der Waals surface area (Å²) in [6.45, 7) is 4.75. The minimum atomic E-state index is -1.15. The summed E-state index contributed by atoms with van der Waals surface area (Å²) in [5, 5.41) is 12.1. The highest BCUT2D eigenvalue weighted by Gasteiger charge is 2.57. The van der Waals surface area contributed by atoms with E-state index in [9.17, 15) is 24.3 Å². The van der Waals surface area contributed by atoms with Crippen LogP contribution in [0.5, 0.6) is 0 Å². The van der Waals surface area contributed by atoms with Crippen molar-refractivity contribution in [2.75, 3.05) is 12.3 Å². The molecule has 0 saturated carbocycles. The molecule has 2 aliphatic heterocycles. The van der Waals surface area contributed by atoms with E-state index in [2.05, 4.69) is 5.32 Å². The van der Waals surface area contributed by atoms with Crippen LogP contribution in [0.15, 0.2) is 10.6 Å². The molecule has 2 heterocycles. The first kappa shape index (κ1) is 18.3. The Bertz CT molecular complexity index is 617. The van der Waals surface area contributed by atoms with Gasteiger partial charge in [0.2, 0.25) is 11.8 Å². The first-order valence-corrected chi connectivity index (χ1v) is 8.56. The van der Waals surface area contributed by atoms with Crippen molar-refractivity contribution in [3.8, 4) is 0 Å². The second kappa shape index (κ2) is 7.25. The van der Waals surface area contributed by atoms with Gasteiger partial charge in [0.05, 0.1) is 12.0 Å². The predicted molar refractivity (Wildman–Crippen MR) is 85.8 cm³/mol. The summed E-state index contributed by atoms with van der Waals surface area (Å²) in [5.74, 6) is -2.09. The number of ether oxygens (including phenoxy) is 1. The number of esters is 1. The minimum Gasteiger partial charge on any atom is -0.477 e. The third-order valence-corrected chi connectivity index (χ3v) is 5.10. The number of thioether (sulfide) groups is 1. The number of hydrogen-bond donors (Lipinski definition) is 2. The lowest BCUT2D eigenvalue weighted by molar-refractivity contribution is -0.169. The average Bonchev–Trinajstić information content (AvgIpc) is 2.77. The third-order valence-electron chi connectivity index (χ3n) is 3.98. The lowest BCUT2D eigenvalue weighted by atomic mass is 9.83. The van der Waals surface area contributed by atoms with Crippen LogP contribution in [0, 0.1) is 5.92 Å². The van der Waals surface area contributed by atoms with Crippen molar-refractivity contribution in [3.05, 3.63) is 10.6 Å². The number of aliphatic carboxylic acids is 1. The van der Waals surface area contributed by atoms with Gasteiger partial charge in [0.1, 0.15) is 11.8 Å². The van der Waals surface area contributed by atoms with Crippen molar-refractivity contribution in [2.45, 2.75) is 39.3 Å². The predicted octanol–water partition coefficient (Wildman–Crippen LogP) is 0.334. The summed E-state index contributed by atoms with van der Waals surface area (Å²) in [4.78, 5) is 47.7. The molecule has 1 saturated heterocycles. The number of amides is 2. The maximum absolute atomic E-state index is 12.3. The Balaban J connectivity index is 2.05. The quantitative estimate of drug-likeness (QED) is 0.384. The van der Waals surface area contributed by atoms with Gasteiger partial charge < -0.3 is 20.1 Å². The number of fused-ring (bicyclic) bond motifs is 1. The molecule has 2 amide bonds. The van der Waals surface area contributed by atoms with Crippen molar-refractivity contribution in [3.63, 3.8) is 0 Å². The van der Waals surface area contributed by atoms with Crippen LogP contribution in [-0.4, -0.2) is 58.2 Å². The zero-order valence-corrected chi connectivity index (χ0v) is 14.5. The molecule has 0 spiro atoms. The van der Waals surface area contributed by atoms with E-state index in [1.165, 1.54) is 30.5 Å². The molecule has 3 atom stereocenters. The van der Waals surface area contributed by atoms with Crippen molar-refractivity contribution in [1.82, 2.24) is 10.2 Å². The van der Waals surface area contributed by atoms with Gasteiger partial charge in [-0.15, -0.1) is 11.8 Å². The molecule has 2 N–H and O–H groups in total. The van der Waals surface area contributed by atoms with Gasteiger partial charge in [0.15, 0.2) is 0 Å². The number of β-lactam (4-membered cyclic amide) rings is 1. The lowest BCUT2D eigenvalue weighted by Gasteiger charge is -2.45. The summed E-state index contributed by atoms with van der Waals surface area (Å²) >= 11 is 1.32. The highest BCUT2D eigenvalue weighted by molar-refractivity contribution is 8.03. The van der Waals surface area contributed by atoms with Crippen molar-refractivity contribution in [2.24, 2.45) is 5.92 Å². The number of carboxylic acids is 1. The number of nitrogens with one attached hydrogen (secondary N) is 1. The van der Waals surface area contributed by atoms with Gasteiger partial charge >= 0.3 is 11.9 Å². The van der Waals surface area contributed by atoms with Crippen LogP contribution in [0.2, 0.25) is 0 Å². The summed E-state index contributed by atoms with van der Waals surface area (Å²) < 4.78 is 5.08. The molecule has 8 nitrogen and oxygen atoms in total. The number of carboxylic acid groups (broad SMARTS) is 1. The Hall–Kier alpha value is -2.03. The molecule has 0 aromatic carbocycles. The molecular weight excluding hydrogens is 336 g/mol. The molecule has 24 heavy (non-hydrogen) atoms.